The molecule has 12 heteroatoms. The van der Waals surface area contributed by atoms with Gasteiger partial charge in [-0.25, -0.2) is 19.0 Å². The molecule has 3 N–H and O–H groups in total. The minimum atomic E-state index is -0.954. The van der Waals surface area contributed by atoms with Crippen molar-refractivity contribution in [2.75, 3.05) is 13.2 Å². The average molecular weight is 510 g/mol. The normalized spacial score (nSPS) is 17.9. The van der Waals surface area contributed by atoms with Crippen molar-refractivity contribution in [3.63, 3.8) is 0 Å². The molecule has 194 valence electrons. The summed E-state index contributed by atoms with van der Waals surface area (Å²) in [6.45, 7) is 4.82. The van der Waals surface area contributed by atoms with Gasteiger partial charge in [-0.2, -0.15) is 0 Å². The summed E-state index contributed by atoms with van der Waals surface area (Å²) < 4.78 is 15.4. The van der Waals surface area contributed by atoms with Gasteiger partial charge >= 0.3 is 0 Å². The average Bonchev–Trinajstić information content (AvgIpc) is 3.48. The summed E-state index contributed by atoms with van der Waals surface area (Å²) in [5.41, 5.74) is 2.77. The monoisotopic (exact) mass is 509 g/mol. The molecular formula is C25H28FN7O4. The Morgan fingerprint density at radius 2 is 1.97 bits per heavy atom. The Morgan fingerprint density at radius 1 is 1.24 bits per heavy atom. The third-order valence-corrected chi connectivity index (χ3v) is 6.11. The van der Waals surface area contributed by atoms with Crippen LogP contribution in [0.25, 0.3) is 17.0 Å². The van der Waals surface area contributed by atoms with Gasteiger partial charge in [0.2, 0.25) is 5.91 Å². The van der Waals surface area contributed by atoms with Gasteiger partial charge in [0.25, 0.3) is 5.91 Å². The van der Waals surface area contributed by atoms with Crippen LogP contribution in [0.4, 0.5) is 4.39 Å². The zero-order valence-corrected chi connectivity index (χ0v) is 20.7. The molecule has 0 radical (unpaired) electrons. The summed E-state index contributed by atoms with van der Waals surface area (Å²) in [4.78, 5) is 35.6. The third-order valence-electron chi connectivity index (χ3n) is 6.11. The highest BCUT2D eigenvalue weighted by Gasteiger charge is 2.41. The van der Waals surface area contributed by atoms with E-state index in [0.29, 0.717) is 22.4 Å². The van der Waals surface area contributed by atoms with Gasteiger partial charge in [-0.3, -0.25) is 9.59 Å². The second-order valence-electron chi connectivity index (χ2n) is 9.10. The zero-order valence-electron chi connectivity index (χ0n) is 20.7. The van der Waals surface area contributed by atoms with Crippen LogP contribution >= 0.6 is 0 Å². The van der Waals surface area contributed by atoms with Crippen molar-refractivity contribution in [2.24, 2.45) is 0 Å². The summed E-state index contributed by atoms with van der Waals surface area (Å²) in [7, 11) is 0. The smallest absolute Gasteiger partial charge is 0.273 e. The van der Waals surface area contributed by atoms with Gasteiger partial charge in [0.1, 0.15) is 23.8 Å². The molecule has 37 heavy (non-hydrogen) atoms. The molecule has 1 aromatic carbocycles. The first-order valence-electron chi connectivity index (χ1n) is 11.7. The van der Waals surface area contributed by atoms with Gasteiger partial charge < -0.3 is 20.4 Å². The molecule has 3 aromatic rings. The second-order valence-corrected chi connectivity index (χ2v) is 9.10. The van der Waals surface area contributed by atoms with E-state index in [0.717, 1.165) is 6.20 Å². The lowest BCUT2D eigenvalue weighted by atomic mass is 10.0. The fraction of sp³-hybridized carbons (Fsp3) is 0.360. The van der Waals surface area contributed by atoms with E-state index in [-0.39, 0.29) is 24.4 Å². The number of halogens is 1. The van der Waals surface area contributed by atoms with Crippen molar-refractivity contribution in [3.8, 4) is 11.3 Å². The molecule has 1 fully saturated rings. The Balaban J connectivity index is 1.52. The van der Waals surface area contributed by atoms with Gasteiger partial charge in [-0.15, -0.1) is 5.10 Å². The number of aryl methyl sites for hydroxylation is 1. The second kappa shape index (κ2) is 10.9. The number of β-amino-alcohol motifs (C(OH)–C–C–N with tert-alkyl or cyclic N) is 1. The minimum Gasteiger partial charge on any atom is -0.394 e. The summed E-state index contributed by atoms with van der Waals surface area (Å²) in [5.74, 6) is -1.54. The highest BCUT2D eigenvalue weighted by atomic mass is 19.1. The van der Waals surface area contributed by atoms with Crippen LogP contribution in [0.15, 0.2) is 48.6 Å². The van der Waals surface area contributed by atoms with E-state index in [2.05, 4.69) is 25.6 Å². The van der Waals surface area contributed by atoms with Crippen LogP contribution < -0.4 is 5.32 Å². The van der Waals surface area contributed by atoms with Gasteiger partial charge in [-0.05, 0) is 31.9 Å². The number of allylic oxidation sites excluding steroid dienone is 1. The number of aliphatic hydroxyl groups excluding tert-OH is 2. The summed E-state index contributed by atoms with van der Waals surface area (Å²) in [6.07, 6.45) is 3.09. The first kappa shape index (κ1) is 26.0. The van der Waals surface area contributed by atoms with E-state index in [1.807, 2.05) is 0 Å². The van der Waals surface area contributed by atoms with Crippen LogP contribution in [-0.2, 0) is 9.59 Å². The molecule has 1 aliphatic heterocycles. The van der Waals surface area contributed by atoms with E-state index >= 15 is 0 Å². The van der Waals surface area contributed by atoms with Crippen LogP contribution in [0, 0.1) is 12.7 Å². The molecule has 11 nitrogen and oxygen atoms in total. The Bertz CT molecular complexity index is 1320. The molecular weight excluding hydrogens is 481 g/mol. The number of carbonyl (C=O) groups excluding carboxylic acids is 2. The maximum absolute atomic E-state index is 14.0. The van der Waals surface area contributed by atoms with Gasteiger partial charge in [0, 0.05) is 18.5 Å². The molecule has 3 atom stereocenters. The maximum Gasteiger partial charge on any atom is 0.273 e. The van der Waals surface area contributed by atoms with Crippen molar-refractivity contribution >= 4 is 17.5 Å². The Hall–Kier alpha value is -4.03. The number of aromatic nitrogens is 5. The lowest BCUT2D eigenvalue weighted by Gasteiger charge is -2.27. The number of nitrogens with zero attached hydrogens (tertiary/aromatic N) is 6. The number of nitrogens with one attached hydrogen (secondary N) is 1. The van der Waals surface area contributed by atoms with E-state index in [1.54, 1.807) is 51.2 Å². The molecule has 1 saturated heterocycles. The number of hydrogen-bond acceptors (Lipinski definition) is 8. The summed E-state index contributed by atoms with van der Waals surface area (Å²) in [6, 6.07) is 4.83. The van der Waals surface area contributed by atoms with Gasteiger partial charge in [-0.1, -0.05) is 29.5 Å². The minimum absolute atomic E-state index is 0.0234. The highest BCUT2D eigenvalue weighted by Crippen LogP contribution is 2.26. The van der Waals surface area contributed by atoms with Crippen molar-refractivity contribution < 1.29 is 24.2 Å². The van der Waals surface area contributed by atoms with E-state index < -0.39 is 42.4 Å². The molecule has 0 saturated carbocycles. The molecule has 3 heterocycles. The van der Waals surface area contributed by atoms with Crippen molar-refractivity contribution in [3.05, 3.63) is 65.6 Å². The Kier molecular flexibility index (Phi) is 7.69. The molecule has 1 aliphatic rings. The number of aliphatic hydroxyl groups is 2. The maximum atomic E-state index is 14.0. The molecule has 0 bridgehead atoms. The number of benzene rings is 1. The van der Waals surface area contributed by atoms with Crippen LogP contribution in [0.2, 0.25) is 0 Å². The molecule has 4 rings (SSSR count). The largest absolute Gasteiger partial charge is 0.394 e. The Labute approximate surface area is 212 Å². The lowest BCUT2D eigenvalue weighted by Crippen LogP contribution is -2.48. The molecule has 2 amide bonds. The quantitative estimate of drug-likeness (QED) is 0.403. The number of amides is 2. The van der Waals surface area contributed by atoms with E-state index in [1.165, 1.54) is 15.9 Å². The molecule has 0 aliphatic carbocycles. The van der Waals surface area contributed by atoms with Crippen LogP contribution in [-0.4, -0.2) is 77.2 Å². The fourth-order valence-electron chi connectivity index (χ4n) is 4.32. The first-order valence-corrected chi connectivity index (χ1v) is 11.7. The number of hydrogen-bond donors (Lipinski definition) is 3. The number of rotatable bonds is 7. The van der Waals surface area contributed by atoms with Gasteiger partial charge in [0.15, 0.2) is 5.82 Å². The molecule has 2 aromatic heterocycles. The van der Waals surface area contributed by atoms with Crippen LogP contribution in [0.5, 0.6) is 0 Å². The van der Waals surface area contributed by atoms with Crippen molar-refractivity contribution in [1.82, 2.24) is 35.2 Å². The van der Waals surface area contributed by atoms with Crippen molar-refractivity contribution in [2.45, 2.75) is 45.4 Å². The number of carbonyl (C=O) groups is 2. The van der Waals surface area contributed by atoms with Crippen LogP contribution in [0.3, 0.4) is 0 Å². The predicted octanol–water partition coefficient (Wildman–Crippen LogP) is 1.25. The van der Waals surface area contributed by atoms with E-state index in [4.69, 9.17) is 0 Å². The summed E-state index contributed by atoms with van der Waals surface area (Å²) in [5, 5.41) is 31.0. The highest BCUT2D eigenvalue weighted by molar-refractivity contribution is 6.15. The molecule has 1 unspecified atom stereocenters. The Morgan fingerprint density at radius 3 is 2.57 bits per heavy atom. The predicted molar refractivity (Wildman–Crippen MR) is 131 cm³/mol. The summed E-state index contributed by atoms with van der Waals surface area (Å²) >= 11 is 0. The number of likely N-dealkylation sites (tertiary alicyclic amines) is 1. The third kappa shape index (κ3) is 5.54. The topological polar surface area (TPSA) is 146 Å². The van der Waals surface area contributed by atoms with E-state index in [9.17, 15) is 24.2 Å². The molecule has 0 spiro atoms. The SMILES string of the molecule is CC(C)=C(C(=O)N1CC(O)C[C@H]1C(=O)N[C@@H](CO)c1ccc(-c2ncncc2F)cc1)n1cc(C)nn1. The zero-order chi connectivity index (χ0) is 26.7. The lowest BCUT2D eigenvalue weighted by molar-refractivity contribution is -0.135. The van der Waals surface area contributed by atoms with Crippen LogP contribution in [0.1, 0.15) is 37.6 Å². The first-order chi connectivity index (χ1) is 17.7. The van der Waals surface area contributed by atoms with Crippen molar-refractivity contribution in [1.29, 1.82) is 0 Å². The standard InChI is InChI=1S/C25H28FN7O4/c1-14(2)23(33-10-15(3)30-31-33)25(37)32-11-18(35)8-21(32)24(36)29-20(12-34)16-4-6-17(7-5-16)22-19(26)9-27-13-28-22/h4-7,9-10,13,18,20-21,34-35H,8,11-12H2,1-3H3,(H,29,36)/t18?,20-,21-/m0/s1. The van der Waals surface area contributed by atoms with Gasteiger partial charge in [0.05, 0.1) is 36.8 Å². The fourth-order valence-corrected chi connectivity index (χ4v) is 4.32.